The van der Waals surface area contributed by atoms with E-state index in [1.807, 2.05) is 13.8 Å². The second-order valence-corrected chi connectivity index (χ2v) is 4.00. The van der Waals surface area contributed by atoms with Crippen molar-refractivity contribution in [1.82, 2.24) is 4.90 Å². The van der Waals surface area contributed by atoms with Gasteiger partial charge in [-0.25, -0.2) is 0 Å². The maximum absolute atomic E-state index is 11.6. The zero-order chi connectivity index (χ0) is 11.3. The van der Waals surface area contributed by atoms with Crippen LogP contribution < -0.4 is 0 Å². The summed E-state index contributed by atoms with van der Waals surface area (Å²) in [4.78, 5) is 13.6. The fourth-order valence-electron chi connectivity index (χ4n) is 2.13. The van der Waals surface area contributed by atoms with Crippen molar-refractivity contribution < 1.29 is 14.6 Å². The molecule has 0 saturated carbocycles. The van der Waals surface area contributed by atoms with Crippen molar-refractivity contribution in [3.05, 3.63) is 0 Å². The van der Waals surface area contributed by atoms with Gasteiger partial charge in [-0.3, -0.25) is 9.69 Å². The highest BCUT2D eigenvalue weighted by atomic mass is 16.5. The molecule has 1 rings (SSSR count). The number of piperidine rings is 1. The Labute approximate surface area is 91.2 Å². The van der Waals surface area contributed by atoms with E-state index in [1.54, 1.807) is 0 Å². The summed E-state index contributed by atoms with van der Waals surface area (Å²) in [6.45, 7) is 5.09. The molecule has 2 atom stereocenters. The molecule has 2 unspecified atom stereocenters. The number of aliphatic hydroxyl groups excluding tert-OH is 1. The average Bonchev–Trinajstić information content (AvgIpc) is 2.28. The molecule has 4 nitrogen and oxygen atoms in total. The van der Waals surface area contributed by atoms with Crippen molar-refractivity contribution in [3.8, 4) is 0 Å². The van der Waals surface area contributed by atoms with E-state index in [0.29, 0.717) is 6.61 Å². The van der Waals surface area contributed by atoms with Gasteiger partial charge in [-0.05, 0) is 33.2 Å². The minimum Gasteiger partial charge on any atom is -0.465 e. The number of carbonyl (C=O) groups excluding carboxylic acids is 1. The largest absolute Gasteiger partial charge is 0.465 e. The predicted octanol–water partition coefficient (Wildman–Crippen LogP) is 0.785. The lowest BCUT2D eigenvalue weighted by Crippen LogP contribution is -2.50. The first-order valence-electron chi connectivity index (χ1n) is 5.74. The van der Waals surface area contributed by atoms with Crippen molar-refractivity contribution >= 4 is 5.97 Å². The Balaban J connectivity index is 2.54. The first-order valence-corrected chi connectivity index (χ1v) is 5.74. The van der Waals surface area contributed by atoms with Gasteiger partial charge in [-0.1, -0.05) is 6.42 Å². The van der Waals surface area contributed by atoms with Crippen LogP contribution in [0, 0.1) is 0 Å². The Morgan fingerprint density at radius 1 is 1.60 bits per heavy atom. The number of esters is 1. The average molecular weight is 215 g/mol. The number of hydrogen-bond donors (Lipinski definition) is 1. The summed E-state index contributed by atoms with van der Waals surface area (Å²) in [5.41, 5.74) is 0. The molecule has 15 heavy (non-hydrogen) atoms. The van der Waals surface area contributed by atoms with E-state index in [1.165, 1.54) is 0 Å². The molecule has 1 fully saturated rings. The van der Waals surface area contributed by atoms with Gasteiger partial charge in [0.25, 0.3) is 0 Å². The van der Waals surface area contributed by atoms with Gasteiger partial charge in [-0.2, -0.15) is 0 Å². The number of carbonyl (C=O) groups is 1. The van der Waals surface area contributed by atoms with Crippen LogP contribution in [-0.2, 0) is 9.53 Å². The lowest BCUT2D eigenvalue weighted by Gasteiger charge is -2.37. The van der Waals surface area contributed by atoms with Crippen LogP contribution in [0.3, 0.4) is 0 Å². The molecule has 1 aliphatic rings. The lowest BCUT2D eigenvalue weighted by atomic mass is 10.0. The van der Waals surface area contributed by atoms with E-state index in [4.69, 9.17) is 4.74 Å². The third-order valence-electron chi connectivity index (χ3n) is 3.01. The van der Waals surface area contributed by atoms with Crippen molar-refractivity contribution in [1.29, 1.82) is 0 Å². The summed E-state index contributed by atoms with van der Waals surface area (Å²) in [7, 11) is 0. The zero-order valence-corrected chi connectivity index (χ0v) is 9.61. The Hall–Kier alpha value is -0.610. The molecule has 0 radical (unpaired) electrons. The summed E-state index contributed by atoms with van der Waals surface area (Å²) < 4.78 is 4.99. The number of rotatable bonds is 4. The molecule has 0 aromatic carbocycles. The molecule has 1 aliphatic heterocycles. The second kappa shape index (κ2) is 6.08. The van der Waals surface area contributed by atoms with Crippen molar-refractivity contribution in [2.24, 2.45) is 0 Å². The summed E-state index contributed by atoms with van der Waals surface area (Å²) in [5.74, 6) is -0.183. The van der Waals surface area contributed by atoms with Gasteiger partial charge >= 0.3 is 5.97 Å². The van der Waals surface area contributed by atoms with E-state index < -0.39 is 0 Å². The van der Waals surface area contributed by atoms with Crippen LogP contribution in [0.5, 0.6) is 0 Å². The molecule has 0 spiro atoms. The molecule has 0 aliphatic carbocycles. The van der Waals surface area contributed by atoms with Crippen LogP contribution in [0.15, 0.2) is 0 Å². The van der Waals surface area contributed by atoms with E-state index in [2.05, 4.69) is 4.90 Å². The maximum atomic E-state index is 11.6. The van der Waals surface area contributed by atoms with E-state index >= 15 is 0 Å². The molecule has 0 amide bonds. The molecule has 4 heteroatoms. The van der Waals surface area contributed by atoms with Crippen LogP contribution in [0.4, 0.5) is 0 Å². The van der Waals surface area contributed by atoms with Gasteiger partial charge in [0.15, 0.2) is 0 Å². The maximum Gasteiger partial charge on any atom is 0.323 e. The van der Waals surface area contributed by atoms with Gasteiger partial charge in [-0.15, -0.1) is 0 Å². The number of ether oxygens (including phenoxy) is 1. The molecule has 1 saturated heterocycles. The zero-order valence-electron chi connectivity index (χ0n) is 9.61. The Bertz CT molecular complexity index is 208. The van der Waals surface area contributed by atoms with Crippen molar-refractivity contribution in [2.45, 2.75) is 45.2 Å². The summed E-state index contributed by atoms with van der Waals surface area (Å²) in [5, 5.41) is 9.23. The SMILES string of the molecule is CCOC(=O)C(C)N1CCCCC1CO. The molecular formula is C11H21NO3. The molecule has 88 valence electrons. The Morgan fingerprint density at radius 3 is 2.93 bits per heavy atom. The van der Waals surface area contributed by atoms with Crippen molar-refractivity contribution in [2.75, 3.05) is 19.8 Å². The summed E-state index contributed by atoms with van der Waals surface area (Å²) in [6, 6.07) is -0.111. The smallest absolute Gasteiger partial charge is 0.323 e. The van der Waals surface area contributed by atoms with Crippen LogP contribution in [0.25, 0.3) is 0 Å². The Kier molecular flexibility index (Phi) is 5.05. The number of aliphatic hydroxyl groups is 1. The normalized spacial score (nSPS) is 24.9. The molecule has 1 N–H and O–H groups in total. The van der Waals surface area contributed by atoms with Crippen LogP contribution in [0.2, 0.25) is 0 Å². The first-order chi connectivity index (χ1) is 7.20. The van der Waals surface area contributed by atoms with Crippen LogP contribution >= 0.6 is 0 Å². The highest BCUT2D eigenvalue weighted by Crippen LogP contribution is 2.19. The topological polar surface area (TPSA) is 49.8 Å². The highest BCUT2D eigenvalue weighted by molar-refractivity contribution is 5.75. The number of likely N-dealkylation sites (tertiary alicyclic amines) is 1. The third kappa shape index (κ3) is 3.18. The van der Waals surface area contributed by atoms with Gasteiger partial charge in [0.2, 0.25) is 0 Å². The lowest BCUT2D eigenvalue weighted by molar-refractivity contribution is -0.150. The first kappa shape index (κ1) is 12.5. The van der Waals surface area contributed by atoms with Crippen LogP contribution in [0.1, 0.15) is 33.1 Å². The third-order valence-corrected chi connectivity index (χ3v) is 3.01. The fraction of sp³-hybridized carbons (Fsp3) is 0.909. The molecular weight excluding hydrogens is 194 g/mol. The molecule has 0 bridgehead atoms. The van der Waals surface area contributed by atoms with Gasteiger partial charge in [0.05, 0.1) is 13.2 Å². The minimum atomic E-state index is -0.234. The standard InChI is InChI=1S/C11H21NO3/c1-3-15-11(14)9(2)12-7-5-4-6-10(12)8-13/h9-10,13H,3-8H2,1-2H3. The summed E-state index contributed by atoms with van der Waals surface area (Å²) in [6.07, 6.45) is 3.21. The number of hydrogen-bond acceptors (Lipinski definition) is 4. The molecule has 0 aromatic heterocycles. The summed E-state index contributed by atoms with van der Waals surface area (Å²) >= 11 is 0. The monoisotopic (exact) mass is 215 g/mol. The molecule has 0 aromatic rings. The number of nitrogens with zero attached hydrogens (tertiary/aromatic N) is 1. The predicted molar refractivity (Wildman–Crippen MR) is 57.5 cm³/mol. The van der Waals surface area contributed by atoms with Gasteiger partial charge in [0.1, 0.15) is 6.04 Å². The fourth-order valence-corrected chi connectivity index (χ4v) is 2.13. The molecule has 1 heterocycles. The van der Waals surface area contributed by atoms with E-state index in [9.17, 15) is 9.90 Å². The quantitative estimate of drug-likeness (QED) is 0.704. The van der Waals surface area contributed by atoms with Crippen molar-refractivity contribution in [3.63, 3.8) is 0 Å². The Morgan fingerprint density at radius 2 is 2.33 bits per heavy atom. The van der Waals surface area contributed by atoms with Crippen LogP contribution in [-0.4, -0.2) is 47.8 Å². The minimum absolute atomic E-state index is 0.123. The van der Waals surface area contributed by atoms with Gasteiger partial charge < -0.3 is 9.84 Å². The second-order valence-electron chi connectivity index (χ2n) is 4.00. The van der Waals surface area contributed by atoms with E-state index in [0.717, 1.165) is 25.8 Å². The van der Waals surface area contributed by atoms with E-state index in [-0.39, 0.29) is 24.7 Å². The van der Waals surface area contributed by atoms with Gasteiger partial charge in [0, 0.05) is 6.04 Å². The highest BCUT2D eigenvalue weighted by Gasteiger charge is 2.30.